The van der Waals surface area contributed by atoms with Crippen molar-refractivity contribution >= 4 is 0 Å². The molecule has 1 aromatic heterocycles. The third kappa shape index (κ3) is 3.11. The summed E-state index contributed by atoms with van der Waals surface area (Å²) in [6.45, 7) is 15.6. The molecule has 0 fully saturated rings. The molecule has 0 N–H and O–H groups in total. The van der Waals surface area contributed by atoms with Gasteiger partial charge in [-0.25, -0.2) is 0 Å². The molecule has 0 aliphatic heterocycles. The molecule has 0 unspecified atom stereocenters. The second kappa shape index (κ2) is 6.28. The minimum Gasteiger partial charge on any atom is -0.266 e. The highest BCUT2D eigenvalue weighted by Crippen LogP contribution is 2.32. The number of hydrogen-bond donors (Lipinski definition) is 0. The van der Waals surface area contributed by atoms with Gasteiger partial charge < -0.3 is 0 Å². The summed E-state index contributed by atoms with van der Waals surface area (Å²) in [5.41, 5.74) is 6.79. The van der Waals surface area contributed by atoms with Gasteiger partial charge in [0.05, 0.1) is 5.69 Å². The van der Waals surface area contributed by atoms with Gasteiger partial charge in [-0.15, -0.1) is 0 Å². The van der Waals surface area contributed by atoms with Crippen LogP contribution < -0.4 is 0 Å². The molecule has 0 amide bonds. The number of aromatic nitrogens is 2. The van der Waals surface area contributed by atoms with Gasteiger partial charge in [-0.05, 0) is 43.2 Å². The highest BCUT2D eigenvalue weighted by Gasteiger charge is 2.19. The Morgan fingerprint density at radius 2 is 1.59 bits per heavy atom. The van der Waals surface area contributed by atoms with Gasteiger partial charge in [0.15, 0.2) is 0 Å². The summed E-state index contributed by atoms with van der Waals surface area (Å²) in [5, 5.41) is 4.86. The summed E-state index contributed by atoms with van der Waals surface area (Å²) in [6, 6.07) is 9.46. The van der Waals surface area contributed by atoms with Crippen molar-refractivity contribution in [2.24, 2.45) is 0 Å². The molecule has 0 bridgehead atoms. The molecule has 2 heteroatoms. The lowest BCUT2D eigenvalue weighted by Gasteiger charge is -2.19. The Morgan fingerprint density at radius 1 is 1.00 bits per heavy atom. The lowest BCUT2D eigenvalue weighted by molar-refractivity contribution is 0.507. The van der Waals surface area contributed by atoms with E-state index in [0.29, 0.717) is 6.04 Å². The van der Waals surface area contributed by atoms with Gasteiger partial charge in [0.1, 0.15) is 0 Å². The molecular weight excluding hydrogens is 268 g/mol. The van der Waals surface area contributed by atoms with Crippen molar-refractivity contribution in [1.82, 2.24) is 9.78 Å². The average molecular weight is 298 g/mol. The number of benzene rings is 1. The van der Waals surface area contributed by atoms with E-state index in [-0.39, 0.29) is 5.41 Å². The van der Waals surface area contributed by atoms with Gasteiger partial charge in [-0.3, -0.25) is 4.68 Å². The van der Waals surface area contributed by atoms with Crippen molar-refractivity contribution in [1.29, 1.82) is 0 Å². The predicted molar refractivity (Wildman–Crippen MR) is 95.5 cm³/mol. The van der Waals surface area contributed by atoms with Crippen molar-refractivity contribution in [2.75, 3.05) is 0 Å². The molecule has 2 aromatic rings. The standard InChI is InChI=1S/C20H30N2/c1-8-17-19(18(9-2)22(21-17)14(3)4)15-10-12-16(13-11-15)20(5,6)7/h10-14H,8-9H2,1-7H3. The lowest BCUT2D eigenvalue weighted by atomic mass is 9.86. The van der Waals surface area contributed by atoms with Crippen LogP contribution in [0.1, 0.15) is 71.5 Å². The number of nitrogens with zero attached hydrogens (tertiary/aromatic N) is 2. The normalized spacial score (nSPS) is 12.2. The Bertz CT molecular complexity index is 625. The molecule has 2 rings (SSSR count). The van der Waals surface area contributed by atoms with E-state index >= 15 is 0 Å². The first kappa shape index (κ1) is 16.8. The molecule has 2 nitrogen and oxygen atoms in total. The molecule has 0 atom stereocenters. The quantitative estimate of drug-likeness (QED) is 0.723. The molecule has 0 aliphatic rings. The van der Waals surface area contributed by atoms with E-state index in [1.807, 2.05) is 0 Å². The van der Waals surface area contributed by atoms with Crippen molar-refractivity contribution < 1.29 is 0 Å². The maximum atomic E-state index is 4.86. The minimum atomic E-state index is 0.196. The lowest BCUT2D eigenvalue weighted by Crippen LogP contribution is -2.10. The second-order valence-corrected chi connectivity index (χ2v) is 7.34. The zero-order valence-electron chi connectivity index (χ0n) is 15.2. The molecular formula is C20H30N2. The molecule has 1 aromatic carbocycles. The SMILES string of the molecule is CCc1nn(C(C)C)c(CC)c1-c1ccc(C(C)(C)C)cc1. The van der Waals surface area contributed by atoms with Crippen molar-refractivity contribution in [2.45, 2.75) is 72.8 Å². The molecule has 0 spiro atoms. The van der Waals surface area contributed by atoms with Gasteiger partial charge >= 0.3 is 0 Å². The first-order valence-electron chi connectivity index (χ1n) is 8.50. The van der Waals surface area contributed by atoms with E-state index < -0.39 is 0 Å². The summed E-state index contributed by atoms with van der Waals surface area (Å²) < 4.78 is 2.20. The van der Waals surface area contributed by atoms with Crippen LogP contribution in [-0.2, 0) is 18.3 Å². The van der Waals surface area contributed by atoms with Gasteiger partial charge in [0.25, 0.3) is 0 Å². The van der Waals surface area contributed by atoms with Crippen molar-refractivity contribution in [3.05, 3.63) is 41.2 Å². The number of rotatable bonds is 4. The third-order valence-corrected chi connectivity index (χ3v) is 4.28. The molecule has 1 heterocycles. The fraction of sp³-hybridized carbons (Fsp3) is 0.550. The van der Waals surface area contributed by atoms with Crippen molar-refractivity contribution in [3.8, 4) is 11.1 Å². The summed E-state index contributed by atoms with van der Waals surface area (Å²) >= 11 is 0. The van der Waals surface area contributed by atoms with E-state index in [0.717, 1.165) is 12.8 Å². The maximum Gasteiger partial charge on any atom is 0.0703 e. The van der Waals surface area contributed by atoms with Crippen LogP contribution in [0.4, 0.5) is 0 Å². The van der Waals surface area contributed by atoms with Crippen LogP contribution >= 0.6 is 0 Å². The molecule has 0 saturated carbocycles. The van der Waals surface area contributed by atoms with Crippen LogP contribution in [0.25, 0.3) is 11.1 Å². The summed E-state index contributed by atoms with van der Waals surface area (Å²) in [7, 11) is 0. The highest BCUT2D eigenvalue weighted by atomic mass is 15.3. The first-order chi connectivity index (χ1) is 10.3. The van der Waals surface area contributed by atoms with Crippen LogP contribution in [0.2, 0.25) is 0 Å². The van der Waals surface area contributed by atoms with Crippen LogP contribution in [0, 0.1) is 0 Å². The molecule has 0 aliphatic carbocycles. The van der Waals surface area contributed by atoms with Gasteiger partial charge in [-0.2, -0.15) is 5.10 Å². The monoisotopic (exact) mass is 298 g/mol. The number of hydrogen-bond acceptors (Lipinski definition) is 1. The van der Waals surface area contributed by atoms with Gasteiger partial charge in [-0.1, -0.05) is 58.9 Å². The van der Waals surface area contributed by atoms with Crippen LogP contribution in [-0.4, -0.2) is 9.78 Å². The molecule has 0 radical (unpaired) electrons. The van der Waals surface area contributed by atoms with Gasteiger partial charge in [0, 0.05) is 17.3 Å². The topological polar surface area (TPSA) is 17.8 Å². The molecule has 22 heavy (non-hydrogen) atoms. The Kier molecular flexibility index (Phi) is 4.79. The van der Waals surface area contributed by atoms with Crippen LogP contribution in [0.3, 0.4) is 0 Å². The van der Waals surface area contributed by atoms with E-state index in [1.165, 1.54) is 28.1 Å². The summed E-state index contributed by atoms with van der Waals surface area (Å²) in [4.78, 5) is 0. The second-order valence-electron chi connectivity index (χ2n) is 7.34. The Hall–Kier alpha value is -1.57. The van der Waals surface area contributed by atoms with Gasteiger partial charge in [0.2, 0.25) is 0 Å². The largest absolute Gasteiger partial charge is 0.266 e. The van der Waals surface area contributed by atoms with E-state index in [2.05, 4.69) is 77.4 Å². The minimum absolute atomic E-state index is 0.196. The summed E-state index contributed by atoms with van der Waals surface area (Å²) in [5.74, 6) is 0. The Labute approximate surface area is 135 Å². The van der Waals surface area contributed by atoms with Crippen molar-refractivity contribution in [3.63, 3.8) is 0 Å². The van der Waals surface area contributed by atoms with Crippen LogP contribution in [0.5, 0.6) is 0 Å². The first-order valence-corrected chi connectivity index (χ1v) is 8.50. The zero-order chi connectivity index (χ0) is 16.5. The smallest absolute Gasteiger partial charge is 0.0703 e. The fourth-order valence-electron chi connectivity index (χ4n) is 3.01. The maximum absolute atomic E-state index is 4.86. The highest BCUT2D eigenvalue weighted by molar-refractivity contribution is 5.69. The third-order valence-electron chi connectivity index (χ3n) is 4.28. The summed E-state index contributed by atoms with van der Waals surface area (Å²) in [6.07, 6.45) is 1.99. The van der Waals surface area contributed by atoms with Crippen LogP contribution in [0.15, 0.2) is 24.3 Å². The molecule has 120 valence electrons. The Morgan fingerprint density at radius 3 is 2.00 bits per heavy atom. The predicted octanol–water partition coefficient (Wildman–Crippen LogP) is 5.55. The van der Waals surface area contributed by atoms with E-state index in [1.54, 1.807) is 0 Å². The Balaban J connectivity index is 2.56. The average Bonchev–Trinajstić information content (AvgIpc) is 2.85. The van der Waals surface area contributed by atoms with E-state index in [9.17, 15) is 0 Å². The molecule has 0 saturated heterocycles. The fourth-order valence-corrected chi connectivity index (χ4v) is 3.01. The number of aryl methyl sites for hydroxylation is 1. The van der Waals surface area contributed by atoms with E-state index in [4.69, 9.17) is 5.10 Å². The zero-order valence-corrected chi connectivity index (χ0v) is 15.2.